The minimum absolute atomic E-state index is 0.0368. The maximum Gasteiger partial charge on any atom is 0.169 e. The van der Waals surface area contributed by atoms with Crippen LogP contribution in [-0.4, -0.2) is 0 Å². The Morgan fingerprint density at radius 3 is 2.48 bits per heavy atom. The van der Waals surface area contributed by atoms with Gasteiger partial charge in [-0.3, -0.25) is 0 Å². The van der Waals surface area contributed by atoms with Crippen LogP contribution < -0.4 is 0 Å². The summed E-state index contributed by atoms with van der Waals surface area (Å²) in [4.78, 5) is 0. The summed E-state index contributed by atoms with van der Waals surface area (Å²) in [5, 5.41) is 0.275. The molecule has 0 bridgehead atoms. The standard InChI is InChI=1S/C30H39F3/c1-3-5-7-8-9-20-11-12-23-18-24(15-14-22(23)17-20)26-19-25-16-13-21(10-6-4-2)28(31)27(25)30(33)29(26)32/h4,13,16,19-20,22-24H,2-3,5-12,14-15,17-18H2,1H3/t20?,22-,23?,24-/m1/s1. The van der Waals surface area contributed by atoms with E-state index in [0.717, 1.165) is 31.1 Å². The molecule has 2 saturated carbocycles. The molecule has 33 heavy (non-hydrogen) atoms. The molecule has 0 radical (unpaired) electrons. The summed E-state index contributed by atoms with van der Waals surface area (Å²) >= 11 is 0. The second-order valence-electron chi connectivity index (χ2n) is 10.6. The van der Waals surface area contributed by atoms with Crippen molar-refractivity contribution >= 4 is 10.8 Å². The molecule has 0 aliphatic heterocycles. The van der Waals surface area contributed by atoms with Crippen LogP contribution >= 0.6 is 0 Å². The van der Waals surface area contributed by atoms with Crippen molar-refractivity contribution in [2.24, 2.45) is 17.8 Å². The third-order valence-electron chi connectivity index (χ3n) is 8.48. The van der Waals surface area contributed by atoms with Gasteiger partial charge in [0.25, 0.3) is 0 Å². The lowest BCUT2D eigenvalue weighted by Crippen LogP contribution is -2.30. The number of benzene rings is 2. The Labute approximate surface area is 197 Å². The van der Waals surface area contributed by atoms with Crippen molar-refractivity contribution in [3.8, 4) is 0 Å². The second kappa shape index (κ2) is 11.1. The third-order valence-corrected chi connectivity index (χ3v) is 8.48. The molecule has 0 aromatic heterocycles. The molecule has 2 aromatic carbocycles. The summed E-state index contributed by atoms with van der Waals surface area (Å²) in [6.45, 7) is 5.91. The van der Waals surface area contributed by atoms with Crippen molar-refractivity contribution in [3.05, 3.63) is 59.4 Å². The number of hydrogen-bond donors (Lipinski definition) is 0. The largest absolute Gasteiger partial charge is 0.206 e. The molecule has 2 aliphatic carbocycles. The van der Waals surface area contributed by atoms with Crippen LogP contribution in [0.1, 0.15) is 101 Å². The molecule has 180 valence electrons. The Hall–Kier alpha value is -1.77. The molecule has 0 nitrogen and oxygen atoms in total. The first-order valence-corrected chi connectivity index (χ1v) is 13.2. The molecule has 0 spiro atoms. The van der Waals surface area contributed by atoms with Crippen LogP contribution in [0.2, 0.25) is 0 Å². The Bertz CT molecular complexity index is 963. The minimum atomic E-state index is -1.02. The van der Waals surface area contributed by atoms with Gasteiger partial charge < -0.3 is 0 Å². The maximum atomic E-state index is 15.2. The molecule has 0 heterocycles. The first kappa shape index (κ1) is 24.4. The molecule has 2 aromatic rings. The molecule has 4 rings (SSSR count). The number of fused-ring (bicyclic) bond motifs is 2. The van der Waals surface area contributed by atoms with E-state index >= 15 is 8.78 Å². The van der Waals surface area contributed by atoms with Gasteiger partial charge in [0.05, 0.1) is 5.39 Å². The SMILES string of the molecule is C=CCCc1ccc2cc([C@@H]3CC[C@@H]4CC(CCCCCC)CCC4C3)c(F)c(F)c2c1F. The highest BCUT2D eigenvalue weighted by molar-refractivity contribution is 5.85. The fourth-order valence-electron chi connectivity index (χ4n) is 6.58. The monoisotopic (exact) mass is 456 g/mol. The quantitative estimate of drug-likeness (QED) is 0.260. The predicted octanol–water partition coefficient (Wildman–Crippen LogP) is 9.65. The van der Waals surface area contributed by atoms with Crippen LogP contribution in [0.5, 0.6) is 0 Å². The zero-order chi connectivity index (χ0) is 23.4. The maximum absolute atomic E-state index is 15.2. The van der Waals surface area contributed by atoms with Gasteiger partial charge in [-0.15, -0.1) is 6.58 Å². The van der Waals surface area contributed by atoms with Gasteiger partial charge in [0.1, 0.15) is 5.82 Å². The van der Waals surface area contributed by atoms with E-state index in [1.807, 2.05) is 0 Å². The van der Waals surface area contributed by atoms with Gasteiger partial charge in [-0.25, -0.2) is 13.2 Å². The Morgan fingerprint density at radius 1 is 0.909 bits per heavy atom. The van der Waals surface area contributed by atoms with E-state index in [4.69, 9.17) is 0 Å². The van der Waals surface area contributed by atoms with Crippen molar-refractivity contribution < 1.29 is 13.2 Å². The zero-order valence-electron chi connectivity index (χ0n) is 20.2. The fraction of sp³-hybridized carbons (Fsp3) is 0.600. The van der Waals surface area contributed by atoms with Crippen molar-refractivity contribution in [2.75, 3.05) is 0 Å². The van der Waals surface area contributed by atoms with Gasteiger partial charge in [0, 0.05) is 0 Å². The van der Waals surface area contributed by atoms with Crippen LogP contribution in [0.15, 0.2) is 30.9 Å². The van der Waals surface area contributed by atoms with Crippen molar-refractivity contribution in [1.82, 2.24) is 0 Å². The number of halogens is 3. The van der Waals surface area contributed by atoms with Crippen LogP contribution in [0.25, 0.3) is 10.8 Å². The number of unbranched alkanes of at least 4 members (excludes halogenated alkanes) is 3. The lowest BCUT2D eigenvalue weighted by atomic mass is 9.63. The summed E-state index contributed by atoms with van der Waals surface area (Å²) in [6.07, 6.45) is 16.2. The van der Waals surface area contributed by atoms with Gasteiger partial charge in [-0.1, -0.05) is 63.7 Å². The van der Waals surface area contributed by atoms with E-state index in [1.54, 1.807) is 24.3 Å². The molecular formula is C30H39F3. The lowest BCUT2D eigenvalue weighted by Gasteiger charge is -2.42. The summed E-state index contributed by atoms with van der Waals surface area (Å²) < 4.78 is 45.3. The Kier molecular flexibility index (Phi) is 8.20. The predicted molar refractivity (Wildman–Crippen MR) is 132 cm³/mol. The van der Waals surface area contributed by atoms with Crippen LogP contribution in [-0.2, 0) is 6.42 Å². The minimum Gasteiger partial charge on any atom is -0.206 e. The molecule has 2 unspecified atom stereocenters. The molecular weight excluding hydrogens is 417 g/mol. The van der Waals surface area contributed by atoms with Crippen molar-refractivity contribution in [2.45, 2.75) is 96.3 Å². The van der Waals surface area contributed by atoms with E-state index in [1.165, 1.54) is 51.4 Å². The van der Waals surface area contributed by atoms with Crippen molar-refractivity contribution in [1.29, 1.82) is 0 Å². The highest BCUT2D eigenvalue weighted by atomic mass is 19.2. The summed E-state index contributed by atoms with van der Waals surface area (Å²) in [6, 6.07) is 5.18. The van der Waals surface area contributed by atoms with Crippen LogP contribution in [0.3, 0.4) is 0 Å². The van der Waals surface area contributed by atoms with E-state index in [2.05, 4.69) is 13.5 Å². The highest BCUT2D eigenvalue weighted by Gasteiger charge is 2.37. The molecule has 0 saturated heterocycles. The molecule has 4 atom stereocenters. The van der Waals surface area contributed by atoms with Gasteiger partial charge in [0.15, 0.2) is 11.6 Å². The molecule has 3 heteroatoms. The van der Waals surface area contributed by atoms with E-state index in [9.17, 15) is 4.39 Å². The van der Waals surface area contributed by atoms with E-state index < -0.39 is 17.5 Å². The molecule has 2 fully saturated rings. The van der Waals surface area contributed by atoms with Crippen LogP contribution in [0, 0.1) is 35.2 Å². The second-order valence-corrected chi connectivity index (χ2v) is 10.6. The topological polar surface area (TPSA) is 0 Å². The average Bonchev–Trinajstić information content (AvgIpc) is 2.83. The number of hydrogen-bond acceptors (Lipinski definition) is 0. The molecule has 0 amide bonds. The van der Waals surface area contributed by atoms with E-state index in [-0.39, 0.29) is 11.3 Å². The average molecular weight is 457 g/mol. The van der Waals surface area contributed by atoms with E-state index in [0.29, 0.717) is 35.3 Å². The summed E-state index contributed by atoms with van der Waals surface area (Å²) in [7, 11) is 0. The number of aryl methyl sites for hydroxylation is 1. The Balaban J connectivity index is 1.47. The first-order chi connectivity index (χ1) is 16.0. The Morgan fingerprint density at radius 2 is 1.70 bits per heavy atom. The first-order valence-electron chi connectivity index (χ1n) is 13.2. The lowest BCUT2D eigenvalue weighted by molar-refractivity contribution is 0.112. The van der Waals surface area contributed by atoms with Gasteiger partial charge >= 0.3 is 0 Å². The fourth-order valence-corrected chi connectivity index (χ4v) is 6.58. The zero-order valence-corrected chi connectivity index (χ0v) is 20.2. The molecule has 0 N–H and O–H groups in total. The van der Waals surface area contributed by atoms with Gasteiger partial charge in [-0.2, -0.15) is 0 Å². The summed E-state index contributed by atoms with van der Waals surface area (Å²) in [5.74, 6) is -0.231. The smallest absolute Gasteiger partial charge is 0.169 e. The third kappa shape index (κ3) is 5.33. The van der Waals surface area contributed by atoms with Crippen molar-refractivity contribution in [3.63, 3.8) is 0 Å². The van der Waals surface area contributed by atoms with Gasteiger partial charge in [-0.05, 0) is 91.2 Å². The molecule has 2 aliphatic rings. The highest BCUT2D eigenvalue weighted by Crippen LogP contribution is 2.49. The van der Waals surface area contributed by atoms with Crippen LogP contribution in [0.4, 0.5) is 13.2 Å². The summed E-state index contributed by atoms with van der Waals surface area (Å²) in [5.41, 5.74) is 0.874. The number of allylic oxidation sites excluding steroid dienone is 1. The number of rotatable bonds is 9. The van der Waals surface area contributed by atoms with Gasteiger partial charge in [0.2, 0.25) is 0 Å². The normalized spacial score (nSPS) is 25.2.